The molecule has 1 aliphatic carbocycles. The van der Waals surface area contributed by atoms with Crippen molar-refractivity contribution in [1.29, 1.82) is 0 Å². The minimum atomic E-state index is -0.216. The number of hydrogen-bond acceptors (Lipinski definition) is 4. The Morgan fingerprint density at radius 3 is 2.67 bits per heavy atom. The van der Waals surface area contributed by atoms with E-state index in [0.717, 1.165) is 30.1 Å². The van der Waals surface area contributed by atoms with E-state index < -0.39 is 0 Å². The van der Waals surface area contributed by atoms with Crippen LogP contribution in [-0.2, 0) is 4.74 Å². The molecule has 0 bridgehead atoms. The van der Waals surface area contributed by atoms with E-state index in [1.54, 1.807) is 6.07 Å². The zero-order valence-electron chi connectivity index (χ0n) is 11.2. The predicted molar refractivity (Wildman–Crippen MR) is 74.9 cm³/mol. The number of nitrogens with two attached hydrogens (primary N) is 1. The quantitative estimate of drug-likeness (QED) is 0.833. The highest BCUT2D eigenvalue weighted by atomic mass is 32.1. The van der Waals surface area contributed by atoms with Crippen LogP contribution in [-0.4, -0.2) is 12.1 Å². The van der Waals surface area contributed by atoms with Crippen molar-refractivity contribution in [1.82, 2.24) is 0 Å². The second-order valence-electron chi connectivity index (χ2n) is 5.42. The van der Waals surface area contributed by atoms with Gasteiger partial charge in [0.05, 0.1) is 0 Å². The molecule has 0 spiro atoms. The number of nitrogen functional groups attached to an aromatic ring is 1. The summed E-state index contributed by atoms with van der Waals surface area (Å²) in [6, 6.07) is 1.72. The summed E-state index contributed by atoms with van der Waals surface area (Å²) in [6.07, 6.45) is 3.18. The first-order chi connectivity index (χ1) is 8.47. The molecule has 3 nitrogen and oxygen atoms in total. The van der Waals surface area contributed by atoms with Crippen molar-refractivity contribution >= 4 is 23.0 Å². The standard InChI is InChI=1S/C14H21NO2S/c1-8-4-5-11(6-9(8)2)17-14(16)13-7-12(15)10(3)18-13/h7-9,11H,4-6,15H2,1-3H3. The van der Waals surface area contributed by atoms with Crippen LogP contribution in [0, 0.1) is 18.8 Å². The van der Waals surface area contributed by atoms with Crippen LogP contribution in [0.15, 0.2) is 6.07 Å². The van der Waals surface area contributed by atoms with Crippen LogP contribution < -0.4 is 5.73 Å². The average molecular weight is 267 g/mol. The molecule has 1 aliphatic rings. The molecule has 100 valence electrons. The SMILES string of the molecule is Cc1sc(C(=O)OC2CCC(C)C(C)C2)cc1N. The van der Waals surface area contributed by atoms with Gasteiger partial charge in [0.1, 0.15) is 11.0 Å². The summed E-state index contributed by atoms with van der Waals surface area (Å²) in [7, 11) is 0. The Morgan fingerprint density at radius 2 is 2.11 bits per heavy atom. The molecule has 1 saturated carbocycles. The normalized spacial score (nSPS) is 28.1. The average Bonchev–Trinajstić information content (AvgIpc) is 2.65. The minimum Gasteiger partial charge on any atom is -0.458 e. The van der Waals surface area contributed by atoms with Gasteiger partial charge in [0, 0.05) is 10.6 Å². The largest absolute Gasteiger partial charge is 0.458 e. The maximum atomic E-state index is 12.0. The molecule has 3 unspecified atom stereocenters. The van der Waals surface area contributed by atoms with Crippen LogP contribution in [0.1, 0.15) is 47.7 Å². The molecule has 1 aromatic rings. The third-order valence-electron chi connectivity index (χ3n) is 3.98. The van der Waals surface area contributed by atoms with Crippen LogP contribution in [0.25, 0.3) is 0 Å². The molecule has 0 aromatic carbocycles. The molecule has 0 aliphatic heterocycles. The molecular formula is C14H21NO2S. The lowest BCUT2D eigenvalue weighted by atomic mass is 9.80. The van der Waals surface area contributed by atoms with Crippen molar-refractivity contribution in [2.24, 2.45) is 11.8 Å². The number of carbonyl (C=O) groups is 1. The van der Waals surface area contributed by atoms with E-state index in [1.807, 2.05) is 6.92 Å². The van der Waals surface area contributed by atoms with Gasteiger partial charge in [-0.15, -0.1) is 11.3 Å². The van der Waals surface area contributed by atoms with Gasteiger partial charge in [0.15, 0.2) is 0 Å². The maximum Gasteiger partial charge on any atom is 0.348 e. The first kappa shape index (κ1) is 13.4. The summed E-state index contributed by atoms with van der Waals surface area (Å²) in [5.41, 5.74) is 6.43. The second kappa shape index (κ2) is 5.31. The Bertz CT molecular complexity index is 422. The molecule has 1 aromatic heterocycles. The van der Waals surface area contributed by atoms with Crippen molar-refractivity contribution in [3.05, 3.63) is 15.8 Å². The number of hydrogen-bond donors (Lipinski definition) is 1. The number of ether oxygens (including phenoxy) is 1. The summed E-state index contributed by atoms with van der Waals surface area (Å²) in [6.45, 7) is 6.42. The Hall–Kier alpha value is -1.03. The molecule has 1 fully saturated rings. The van der Waals surface area contributed by atoms with E-state index in [2.05, 4.69) is 13.8 Å². The fourth-order valence-corrected chi connectivity index (χ4v) is 3.24. The van der Waals surface area contributed by atoms with Gasteiger partial charge in [-0.2, -0.15) is 0 Å². The zero-order valence-corrected chi connectivity index (χ0v) is 12.0. The highest BCUT2D eigenvalue weighted by molar-refractivity contribution is 7.14. The summed E-state index contributed by atoms with van der Waals surface area (Å²) >= 11 is 1.41. The third kappa shape index (κ3) is 2.86. The van der Waals surface area contributed by atoms with Gasteiger partial charge >= 0.3 is 5.97 Å². The van der Waals surface area contributed by atoms with E-state index in [0.29, 0.717) is 16.5 Å². The van der Waals surface area contributed by atoms with E-state index in [4.69, 9.17) is 10.5 Å². The monoisotopic (exact) mass is 267 g/mol. The van der Waals surface area contributed by atoms with E-state index in [-0.39, 0.29) is 12.1 Å². The fourth-order valence-electron chi connectivity index (χ4n) is 2.41. The highest BCUT2D eigenvalue weighted by Crippen LogP contribution is 2.32. The van der Waals surface area contributed by atoms with Gasteiger partial charge in [-0.1, -0.05) is 13.8 Å². The summed E-state index contributed by atoms with van der Waals surface area (Å²) in [5.74, 6) is 1.15. The lowest BCUT2D eigenvalue weighted by Gasteiger charge is -2.31. The van der Waals surface area contributed by atoms with Crippen molar-refractivity contribution in [2.45, 2.75) is 46.1 Å². The van der Waals surface area contributed by atoms with Gasteiger partial charge in [-0.25, -0.2) is 4.79 Å². The maximum absolute atomic E-state index is 12.0. The Balaban J connectivity index is 1.95. The van der Waals surface area contributed by atoms with Crippen LogP contribution in [0.3, 0.4) is 0 Å². The molecule has 3 atom stereocenters. The third-order valence-corrected chi connectivity index (χ3v) is 5.03. The molecule has 18 heavy (non-hydrogen) atoms. The van der Waals surface area contributed by atoms with Crippen molar-refractivity contribution in [2.75, 3.05) is 5.73 Å². The van der Waals surface area contributed by atoms with Crippen LogP contribution >= 0.6 is 11.3 Å². The van der Waals surface area contributed by atoms with Crippen LogP contribution in [0.5, 0.6) is 0 Å². The summed E-state index contributed by atoms with van der Waals surface area (Å²) in [4.78, 5) is 13.6. The highest BCUT2D eigenvalue weighted by Gasteiger charge is 2.27. The molecule has 0 amide bonds. The summed E-state index contributed by atoms with van der Waals surface area (Å²) < 4.78 is 5.58. The van der Waals surface area contributed by atoms with Crippen molar-refractivity contribution in [3.8, 4) is 0 Å². The lowest BCUT2D eigenvalue weighted by molar-refractivity contribution is 0.00930. The lowest BCUT2D eigenvalue weighted by Crippen LogP contribution is -2.28. The van der Waals surface area contributed by atoms with Gasteiger partial charge in [-0.3, -0.25) is 0 Å². The number of esters is 1. The number of aryl methyl sites for hydroxylation is 1. The van der Waals surface area contributed by atoms with Gasteiger partial charge in [0.25, 0.3) is 0 Å². The van der Waals surface area contributed by atoms with Crippen LogP contribution in [0.2, 0.25) is 0 Å². The second-order valence-corrected chi connectivity index (χ2v) is 6.67. The van der Waals surface area contributed by atoms with Gasteiger partial charge in [-0.05, 0) is 44.1 Å². The minimum absolute atomic E-state index is 0.0762. The molecule has 2 rings (SSSR count). The molecule has 0 radical (unpaired) electrons. The van der Waals surface area contributed by atoms with Gasteiger partial charge < -0.3 is 10.5 Å². The molecule has 4 heteroatoms. The van der Waals surface area contributed by atoms with E-state index in [1.165, 1.54) is 11.3 Å². The molecular weight excluding hydrogens is 246 g/mol. The number of anilines is 1. The fraction of sp³-hybridized carbons (Fsp3) is 0.643. The van der Waals surface area contributed by atoms with E-state index >= 15 is 0 Å². The van der Waals surface area contributed by atoms with Crippen molar-refractivity contribution in [3.63, 3.8) is 0 Å². The zero-order chi connectivity index (χ0) is 13.3. The topological polar surface area (TPSA) is 52.3 Å². The van der Waals surface area contributed by atoms with Crippen LogP contribution in [0.4, 0.5) is 5.69 Å². The molecule has 1 heterocycles. The first-order valence-electron chi connectivity index (χ1n) is 6.54. The molecule has 2 N–H and O–H groups in total. The Labute approximate surface area is 112 Å². The number of rotatable bonds is 2. The smallest absolute Gasteiger partial charge is 0.348 e. The summed E-state index contributed by atoms with van der Waals surface area (Å²) in [5, 5.41) is 0. The number of carbonyl (C=O) groups excluding carboxylic acids is 1. The Morgan fingerprint density at radius 1 is 1.39 bits per heavy atom. The predicted octanol–water partition coefficient (Wildman–Crippen LogP) is 3.62. The van der Waals surface area contributed by atoms with Gasteiger partial charge in [0.2, 0.25) is 0 Å². The number of thiophene rings is 1. The first-order valence-corrected chi connectivity index (χ1v) is 7.36. The Kier molecular flexibility index (Phi) is 3.95. The van der Waals surface area contributed by atoms with E-state index in [9.17, 15) is 4.79 Å². The molecule has 0 saturated heterocycles. The van der Waals surface area contributed by atoms with Crippen molar-refractivity contribution < 1.29 is 9.53 Å².